The largest absolute Gasteiger partial charge is 0.449 e. The number of nitrogens with one attached hydrogen (secondary N) is 2. The van der Waals surface area contributed by atoms with Gasteiger partial charge in [0.15, 0.2) is 6.10 Å². The van der Waals surface area contributed by atoms with Gasteiger partial charge >= 0.3 is 5.97 Å². The van der Waals surface area contributed by atoms with Crippen LogP contribution in [0.3, 0.4) is 0 Å². The second kappa shape index (κ2) is 10.1. The van der Waals surface area contributed by atoms with E-state index in [1.807, 2.05) is 37.3 Å². The molecule has 7 nitrogen and oxygen atoms in total. The lowest BCUT2D eigenvalue weighted by molar-refractivity contribution is -0.129. The van der Waals surface area contributed by atoms with Crippen molar-refractivity contribution in [1.82, 2.24) is 5.32 Å². The van der Waals surface area contributed by atoms with Crippen LogP contribution < -0.4 is 10.0 Å². The Labute approximate surface area is 171 Å². The predicted molar refractivity (Wildman–Crippen MR) is 112 cm³/mol. The van der Waals surface area contributed by atoms with Gasteiger partial charge < -0.3 is 10.1 Å². The van der Waals surface area contributed by atoms with E-state index in [1.54, 1.807) is 12.1 Å². The molecule has 29 heavy (non-hydrogen) atoms. The Bertz CT molecular complexity index is 945. The minimum atomic E-state index is -3.57. The molecule has 156 valence electrons. The maximum absolute atomic E-state index is 12.6. The Kier molecular flexibility index (Phi) is 7.78. The SMILES string of the molecule is CCC[C@@H](NC(=O)[C@H](C)OC(=O)c1ccccc1NS(C)(=O)=O)c1ccccc1. The first-order valence-corrected chi connectivity index (χ1v) is 11.2. The first-order valence-electron chi connectivity index (χ1n) is 9.34. The van der Waals surface area contributed by atoms with Gasteiger partial charge in [0.1, 0.15) is 0 Å². The lowest BCUT2D eigenvalue weighted by Crippen LogP contribution is -2.38. The molecular formula is C21H26N2O5S. The zero-order chi connectivity index (χ0) is 21.4. The highest BCUT2D eigenvalue weighted by atomic mass is 32.2. The summed E-state index contributed by atoms with van der Waals surface area (Å²) in [6.07, 6.45) is 1.57. The van der Waals surface area contributed by atoms with Crippen LogP contribution in [0, 0.1) is 0 Å². The number of rotatable bonds is 9. The topological polar surface area (TPSA) is 102 Å². The molecule has 0 radical (unpaired) electrons. The van der Waals surface area contributed by atoms with E-state index in [-0.39, 0.29) is 17.3 Å². The summed E-state index contributed by atoms with van der Waals surface area (Å²) < 4.78 is 30.5. The van der Waals surface area contributed by atoms with Crippen LogP contribution in [0.2, 0.25) is 0 Å². The van der Waals surface area contributed by atoms with E-state index in [1.165, 1.54) is 19.1 Å². The van der Waals surface area contributed by atoms with Gasteiger partial charge in [-0.25, -0.2) is 13.2 Å². The number of hydrogen-bond acceptors (Lipinski definition) is 5. The molecule has 8 heteroatoms. The molecule has 2 aromatic carbocycles. The Morgan fingerprint density at radius 1 is 1.03 bits per heavy atom. The van der Waals surface area contributed by atoms with Crippen molar-refractivity contribution in [1.29, 1.82) is 0 Å². The highest BCUT2D eigenvalue weighted by molar-refractivity contribution is 7.92. The van der Waals surface area contributed by atoms with Gasteiger partial charge in [0.25, 0.3) is 5.91 Å². The van der Waals surface area contributed by atoms with E-state index < -0.39 is 28.0 Å². The summed E-state index contributed by atoms with van der Waals surface area (Å²) in [5.41, 5.74) is 1.11. The van der Waals surface area contributed by atoms with Gasteiger partial charge in [0.2, 0.25) is 10.0 Å². The van der Waals surface area contributed by atoms with Crippen LogP contribution in [-0.2, 0) is 19.6 Å². The fourth-order valence-corrected chi connectivity index (χ4v) is 3.39. The number of benzene rings is 2. The zero-order valence-electron chi connectivity index (χ0n) is 16.7. The summed E-state index contributed by atoms with van der Waals surface area (Å²) in [5, 5.41) is 2.92. The minimum Gasteiger partial charge on any atom is -0.449 e. The molecule has 2 aromatic rings. The lowest BCUT2D eigenvalue weighted by Gasteiger charge is -2.21. The second-order valence-corrected chi connectivity index (χ2v) is 8.48. The molecule has 0 bridgehead atoms. The summed E-state index contributed by atoms with van der Waals surface area (Å²) in [4.78, 5) is 25.1. The molecule has 0 aliphatic heterocycles. The Hall–Kier alpha value is -2.87. The summed E-state index contributed by atoms with van der Waals surface area (Å²) in [7, 11) is -3.57. The Morgan fingerprint density at radius 2 is 1.66 bits per heavy atom. The van der Waals surface area contributed by atoms with Crippen molar-refractivity contribution in [2.45, 2.75) is 38.8 Å². The van der Waals surface area contributed by atoms with Gasteiger partial charge in [-0.2, -0.15) is 0 Å². The molecule has 0 aromatic heterocycles. The normalized spacial score (nSPS) is 13.2. The van der Waals surface area contributed by atoms with E-state index in [9.17, 15) is 18.0 Å². The number of esters is 1. The van der Waals surface area contributed by atoms with Crippen molar-refractivity contribution >= 4 is 27.6 Å². The number of sulfonamides is 1. The summed E-state index contributed by atoms with van der Waals surface area (Å²) in [5.74, 6) is -1.21. The van der Waals surface area contributed by atoms with Crippen LogP contribution in [0.15, 0.2) is 54.6 Å². The van der Waals surface area contributed by atoms with Gasteiger partial charge in [-0.1, -0.05) is 55.8 Å². The van der Waals surface area contributed by atoms with Crippen LogP contribution in [0.5, 0.6) is 0 Å². The third-order valence-electron chi connectivity index (χ3n) is 4.19. The molecule has 0 heterocycles. The smallest absolute Gasteiger partial charge is 0.341 e. The van der Waals surface area contributed by atoms with Crippen molar-refractivity contribution in [3.8, 4) is 0 Å². The number of anilines is 1. The van der Waals surface area contributed by atoms with Gasteiger partial charge in [0.05, 0.1) is 23.5 Å². The van der Waals surface area contributed by atoms with Gasteiger partial charge in [-0.15, -0.1) is 0 Å². The fourth-order valence-electron chi connectivity index (χ4n) is 2.81. The Morgan fingerprint density at radius 3 is 2.28 bits per heavy atom. The van der Waals surface area contributed by atoms with E-state index in [2.05, 4.69) is 10.0 Å². The van der Waals surface area contributed by atoms with Gasteiger partial charge in [-0.05, 0) is 31.0 Å². The van der Waals surface area contributed by atoms with Crippen LogP contribution in [0.25, 0.3) is 0 Å². The van der Waals surface area contributed by atoms with Crippen molar-refractivity contribution in [3.63, 3.8) is 0 Å². The van der Waals surface area contributed by atoms with Gasteiger partial charge in [0, 0.05) is 0 Å². The lowest BCUT2D eigenvalue weighted by atomic mass is 10.0. The maximum Gasteiger partial charge on any atom is 0.341 e. The highest BCUT2D eigenvalue weighted by Gasteiger charge is 2.24. The molecule has 2 atom stereocenters. The van der Waals surface area contributed by atoms with E-state index in [0.717, 1.165) is 24.7 Å². The molecule has 0 spiro atoms. The number of carbonyl (C=O) groups is 2. The maximum atomic E-state index is 12.6. The molecular weight excluding hydrogens is 392 g/mol. The second-order valence-electron chi connectivity index (χ2n) is 6.73. The molecule has 0 aliphatic carbocycles. The molecule has 0 saturated heterocycles. The minimum absolute atomic E-state index is 0.0331. The van der Waals surface area contributed by atoms with E-state index >= 15 is 0 Å². The highest BCUT2D eigenvalue weighted by Crippen LogP contribution is 2.20. The van der Waals surface area contributed by atoms with Crippen LogP contribution in [-0.4, -0.2) is 32.7 Å². The summed E-state index contributed by atoms with van der Waals surface area (Å²) in [6.45, 7) is 3.51. The number of carbonyl (C=O) groups excluding carboxylic acids is 2. The average molecular weight is 419 g/mol. The number of ether oxygens (including phenoxy) is 1. The third-order valence-corrected chi connectivity index (χ3v) is 4.78. The number of para-hydroxylation sites is 1. The fraction of sp³-hybridized carbons (Fsp3) is 0.333. The third kappa shape index (κ3) is 6.90. The molecule has 2 N–H and O–H groups in total. The van der Waals surface area contributed by atoms with E-state index in [0.29, 0.717) is 0 Å². The van der Waals surface area contributed by atoms with E-state index in [4.69, 9.17) is 4.74 Å². The van der Waals surface area contributed by atoms with Crippen LogP contribution in [0.4, 0.5) is 5.69 Å². The van der Waals surface area contributed by atoms with Crippen LogP contribution >= 0.6 is 0 Å². The first kappa shape index (κ1) is 22.4. The van der Waals surface area contributed by atoms with Crippen molar-refractivity contribution in [2.75, 3.05) is 11.0 Å². The Balaban J connectivity index is 2.08. The molecule has 0 fully saturated rings. The predicted octanol–water partition coefficient (Wildman–Crippen LogP) is 3.26. The standard InChI is InChI=1S/C21H26N2O5S/c1-4-10-18(16-11-6-5-7-12-16)22-20(24)15(2)28-21(25)17-13-8-9-14-19(17)23-29(3,26)27/h5-9,11-15,18,23H,4,10H2,1-3H3,(H,22,24)/t15-,18+/m0/s1. The first-order chi connectivity index (χ1) is 13.7. The van der Waals surface area contributed by atoms with Crippen molar-refractivity contribution < 1.29 is 22.7 Å². The van der Waals surface area contributed by atoms with Crippen molar-refractivity contribution in [2.24, 2.45) is 0 Å². The molecule has 0 aliphatic rings. The number of hydrogen-bond donors (Lipinski definition) is 2. The van der Waals surface area contributed by atoms with Crippen LogP contribution in [0.1, 0.15) is 48.7 Å². The molecule has 0 unspecified atom stereocenters. The monoisotopic (exact) mass is 418 g/mol. The molecule has 2 rings (SSSR count). The average Bonchev–Trinajstić information content (AvgIpc) is 2.67. The quantitative estimate of drug-likeness (QED) is 0.609. The number of amides is 1. The molecule has 0 saturated carbocycles. The van der Waals surface area contributed by atoms with Crippen molar-refractivity contribution in [3.05, 3.63) is 65.7 Å². The summed E-state index contributed by atoms with van der Waals surface area (Å²) in [6, 6.07) is 15.5. The zero-order valence-corrected chi connectivity index (χ0v) is 17.5. The summed E-state index contributed by atoms with van der Waals surface area (Å²) >= 11 is 0. The molecule has 1 amide bonds. The van der Waals surface area contributed by atoms with Gasteiger partial charge in [-0.3, -0.25) is 9.52 Å².